The van der Waals surface area contributed by atoms with Gasteiger partial charge in [0.25, 0.3) is 0 Å². The fraction of sp³-hybridized carbons (Fsp3) is 0.150. The average molecular weight is 370 g/mol. The molecule has 2 aromatic carbocycles. The normalized spacial score (nSPS) is 14.5. The van der Waals surface area contributed by atoms with Crippen molar-refractivity contribution in [2.45, 2.75) is 19.3 Å². The standard InChI is InChI=1S/C20H14N6O2/c1-20(2)13-7-15(27)12(19-23-25-26-24-19)6-11(13)17(28)16-10-4-3-9(8-21)5-14(10)22-18(16)20/h3-7,22,27H,1-2H3,(H,23,24,25,26). The van der Waals surface area contributed by atoms with Gasteiger partial charge in [0.05, 0.1) is 22.8 Å². The van der Waals surface area contributed by atoms with Gasteiger partial charge in [0.1, 0.15) is 5.75 Å². The molecule has 0 unspecified atom stereocenters. The highest BCUT2D eigenvalue weighted by atomic mass is 16.3. The summed E-state index contributed by atoms with van der Waals surface area (Å²) in [6, 6.07) is 10.6. The summed E-state index contributed by atoms with van der Waals surface area (Å²) in [7, 11) is 0. The first kappa shape index (κ1) is 16.2. The van der Waals surface area contributed by atoms with Crippen molar-refractivity contribution in [1.82, 2.24) is 25.6 Å². The van der Waals surface area contributed by atoms with Crippen LogP contribution in [0.15, 0.2) is 30.3 Å². The number of aromatic hydroxyl groups is 1. The van der Waals surface area contributed by atoms with Gasteiger partial charge in [0, 0.05) is 27.6 Å². The summed E-state index contributed by atoms with van der Waals surface area (Å²) in [6.07, 6.45) is 0. The number of aromatic amines is 2. The number of carbonyl (C=O) groups excluding carboxylic acids is 1. The molecule has 136 valence electrons. The van der Waals surface area contributed by atoms with Gasteiger partial charge in [0.15, 0.2) is 5.78 Å². The number of hydrogen-bond donors (Lipinski definition) is 3. The molecule has 1 aliphatic carbocycles. The van der Waals surface area contributed by atoms with Crippen LogP contribution in [0.3, 0.4) is 0 Å². The lowest BCUT2D eigenvalue weighted by atomic mass is 9.71. The number of tetrazole rings is 1. The van der Waals surface area contributed by atoms with Gasteiger partial charge in [-0.1, -0.05) is 19.9 Å². The van der Waals surface area contributed by atoms with E-state index in [1.54, 1.807) is 30.3 Å². The van der Waals surface area contributed by atoms with Crippen LogP contribution in [-0.4, -0.2) is 36.5 Å². The second-order valence-corrected chi connectivity index (χ2v) is 7.35. The second kappa shape index (κ2) is 5.27. The number of hydrogen-bond acceptors (Lipinski definition) is 6. The smallest absolute Gasteiger partial charge is 0.208 e. The van der Waals surface area contributed by atoms with E-state index in [0.29, 0.717) is 27.8 Å². The molecule has 0 bridgehead atoms. The fourth-order valence-electron chi connectivity index (χ4n) is 3.99. The molecule has 8 heteroatoms. The van der Waals surface area contributed by atoms with Crippen LogP contribution in [0.4, 0.5) is 0 Å². The van der Waals surface area contributed by atoms with Gasteiger partial charge in [0.2, 0.25) is 5.82 Å². The fourth-order valence-corrected chi connectivity index (χ4v) is 3.99. The third kappa shape index (κ3) is 1.98. The van der Waals surface area contributed by atoms with Crippen LogP contribution in [0.2, 0.25) is 0 Å². The number of benzene rings is 2. The summed E-state index contributed by atoms with van der Waals surface area (Å²) >= 11 is 0. The Hall–Kier alpha value is -3.99. The monoisotopic (exact) mass is 370 g/mol. The maximum atomic E-state index is 13.4. The third-order valence-electron chi connectivity index (χ3n) is 5.42. The van der Waals surface area contributed by atoms with E-state index in [4.69, 9.17) is 0 Å². The number of aromatic nitrogens is 5. The molecule has 0 amide bonds. The second-order valence-electron chi connectivity index (χ2n) is 7.35. The molecule has 0 atom stereocenters. The summed E-state index contributed by atoms with van der Waals surface area (Å²) in [6.45, 7) is 3.98. The van der Waals surface area contributed by atoms with Gasteiger partial charge < -0.3 is 10.1 Å². The van der Waals surface area contributed by atoms with Crippen molar-refractivity contribution < 1.29 is 9.90 Å². The largest absolute Gasteiger partial charge is 0.507 e. The molecule has 1 aliphatic rings. The van der Waals surface area contributed by atoms with Crippen LogP contribution in [0, 0.1) is 11.3 Å². The number of H-pyrrole nitrogens is 2. The van der Waals surface area contributed by atoms with Crippen LogP contribution in [0.5, 0.6) is 5.75 Å². The Kier molecular flexibility index (Phi) is 3.05. The Balaban J connectivity index is 1.81. The van der Waals surface area contributed by atoms with Crippen molar-refractivity contribution in [1.29, 1.82) is 5.26 Å². The summed E-state index contributed by atoms with van der Waals surface area (Å²) < 4.78 is 0. The molecule has 0 radical (unpaired) electrons. The van der Waals surface area contributed by atoms with Crippen molar-refractivity contribution >= 4 is 16.7 Å². The van der Waals surface area contributed by atoms with Gasteiger partial charge in [-0.05, 0) is 35.0 Å². The third-order valence-corrected chi connectivity index (χ3v) is 5.42. The number of ketones is 1. The molecule has 4 aromatic rings. The number of nitriles is 1. The van der Waals surface area contributed by atoms with Crippen molar-refractivity contribution in [2.24, 2.45) is 0 Å². The van der Waals surface area contributed by atoms with Gasteiger partial charge in [-0.15, -0.1) is 10.2 Å². The van der Waals surface area contributed by atoms with E-state index in [-0.39, 0.29) is 17.4 Å². The van der Waals surface area contributed by atoms with Crippen molar-refractivity contribution in [3.05, 3.63) is 58.3 Å². The van der Waals surface area contributed by atoms with E-state index in [2.05, 4.69) is 31.7 Å². The van der Waals surface area contributed by atoms with Crippen molar-refractivity contribution in [3.8, 4) is 23.2 Å². The van der Waals surface area contributed by atoms with Crippen LogP contribution < -0.4 is 0 Å². The highest BCUT2D eigenvalue weighted by molar-refractivity contribution is 6.20. The number of phenolic OH excluding ortho intramolecular Hbond substituents is 1. The molecule has 0 fully saturated rings. The van der Waals surface area contributed by atoms with Gasteiger partial charge in [-0.3, -0.25) is 4.79 Å². The van der Waals surface area contributed by atoms with E-state index >= 15 is 0 Å². The van der Waals surface area contributed by atoms with E-state index in [1.807, 2.05) is 13.8 Å². The summed E-state index contributed by atoms with van der Waals surface area (Å²) in [4.78, 5) is 16.7. The molecule has 28 heavy (non-hydrogen) atoms. The van der Waals surface area contributed by atoms with E-state index in [1.165, 1.54) is 0 Å². The maximum absolute atomic E-state index is 13.4. The Morgan fingerprint density at radius 2 is 2.00 bits per heavy atom. The van der Waals surface area contributed by atoms with Crippen LogP contribution in [-0.2, 0) is 5.41 Å². The molecule has 0 aliphatic heterocycles. The van der Waals surface area contributed by atoms with Gasteiger partial charge >= 0.3 is 0 Å². The highest BCUT2D eigenvalue weighted by Crippen LogP contribution is 2.46. The first-order valence-electron chi connectivity index (χ1n) is 8.64. The number of phenols is 1. The molecular formula is C20H14N6O2. The molecule has 2 heterocycles. The van der Waals surface area contributed by atoms with E-state index in [0.717, 1.165) is 16.6 Å². The predicted octanol–water partition coefficient (Wildman–Crippen LogP) is 2.80. The van der Waals surface area contributed by atoms with E-state index < -0.39 is 5.41 Å². The van der Waals surface area contributed by atoms with Crippen LogP contribution in [0.25, 0.3) is 22.3 Å². The Labute approximate surface area is 158 Å². The molecule has 3 N–H and O–H groups in total. The summed E-state index contributed by atoms with van der Waals surface area (Å²) in [5, 5.41) is 34.2. The number of rotatable bonds is 1. The maximum Gasteiger partial charge on any atom is 0.208 e. The minimum absolute atomic E-state index is 0.0210. The highest BCUT2D eigenvalue weighted by Gasteiger charge is 2.40. The zero-order chi connectivity index (χ0) is 19.6. The molecule has 0 saturated carbocycles. The van der Waals surface area contributed by atoms with Crippen molar-refractivity contribution in [3.63, 3.8) is 0 Å². The van der Waals surface area contributed by atoms with Crippen LogP contribution >= 0.6 is 0 Å². The minimum Gasteiger partial charge on any atom is -0.507 e. The number of carbonyl (C=O) groups is 1. The zero-order valence-electron chi connectivity index (χ0n) is 15.0. The Bertz CT molecular complexity index is 1330. The average Bonchev–Trinajstić information content (AvgIpc) is 3.34. The SMILES string of the molecule is CC1(C)c2cc(O)c(-c3nn[nH]n3)cc2C(=O)c2c1[nH]c1cc(C#N)ccc21. The minimum atomic E-state index is -0.558. The van der Waals surface area contributed by atoms with Gasteiger partial charge in [-0.2, -0.15) is 10.5 Å². The molecule has 5 rings (SSSR count). The lowest BCUT2D eigenvalue weighted by molar-refractivity contribution is 0.103. The summed E-state index contributed by atoms with van der Waals surface area (Å²) in [5.41, 5.74) is 3.58. The number of fused-ring (bicyclic) bond motifs is 4. The number of nitrogens with zero attached hydrogens (tertiary/aromatic N) is 4. The Morgan fingerprint density at radius 1 is 1.18 bits per heavy atom. The van der Waals surface area contributed by atoms with E-state index in [9.17, 15) is 15.2 Å². The first-order valence-corrected chi connectivity index (χ1v) is 8.64. The Morgan fingerprint density at radius 3 is 2.71 bits per heavy atom. The van der Waals surface area contributed by atoms with Gasteiger partial charge in [-0.25, -0.2) is 0 Å². The molecular weight excluding hydrogens is 356 g/mol. The molecule has 0 saturated heterocycles. The van der Waals surface area contributed by atoms with Crippen molar-refractivity contribution in [2.75, 3.05) is 0 Å². The number of nitrogens with one attached hydrogen (secondary N) is 2. The topological polar surface area (TPSA) is 131 Å². The first-order chi connectivity index (χ1) is 13.4. The summed E-state index contributed by atoms with van der Waals surface area (Å²) in [5.74, 6) is 0.0478. The molecule has 0 spiro atoms. The lowest BCUT2D eigenvalue weighted by Crippen LogP contribution is -2.30. The lowest BCUT2D eigenvalue weighted by Gasteiger charge is -2.32. The molecule has 2 aromatic heterocycles. The quantitative estimate of drug-likeness (QED) is 0.472. The molecule has 8 nitrogen and oxygen atoms in total. The zero-order valence-corrected chi connectivity index (χ0v) is 15.0. The van der Waals surface area contributed by atoms with Crippen LogP contribution in [0.1, 0.15) is 46.6 Å². The predicted molar refractivity (Wildman–Crippen MR) is 99.9 cm³/mol.